The molecule has 1 N–H and O–H groups in total. The van der Waals surface area contributed by atoms with Crippen LogP contribution in [-0.2, 0) is 0 Å². The van der Waals surface area contributed by atoms with Crippen LogP contribution in [0.2, 0.25) is 5.02 Å². The Morgan fingerprint density at radius 3 is 2.74 bits per heavy atom. The molecule has 0 bridgehead atoms. The predicted molar refractivity (Wildman–Crippen MR) is 80.9 cm³/mol. The lowest BCUT2D eigenvalue weighted by Crippen LogP contribution is -2.12. The summed E-state index contributed by atoms with van der Waals surface area (Å²) in [5.41, 5.74) is 1.11. The van der Waals surface area contributed by atoms with E-state index in [2.05, 4.69) is 33.2 Å². The van der Waals surface area contributed by atoms with Crippen LogP contribution in [0.3, 0.4) is 0 Å². The maximum absolute atomic E-state index is 6.07. The van der Waals surface area contributed by atoms with Crippen LogP contribution >= 0.6 is 27.5 Å². The van der Waals surface area contributed by atoms with Crippen molar-refractivity contribution in [1.82, 2.24) is 10.3 Å². The Hall–Kier alpha value is -1.10. The number of hydrogen-bond donors (Lipinski definition) is 1. The fourth-order valence-electron chi connectivity index (χ4n) is 1.54. The molecule has 1 aromatic heterocycles. The number of aromatic nitrogens is 1. The molecule has 19 heavy (non-hydrogen) atoms. The normalized spacial score (nSPS) is 12.2. The number of benzene rings is 1. The lowest BCUT2D eigenvalue weighted by Gasteiger charge is -2.11. The van der Waals surface area contributed by atoms with E-state index in [1.54, 1.807) is 12.3 Å². The second kappa shape index (κ2) is 6.37. The van der Waals surface area contributed by atoms with Crippen molar-refractivity contribution >= 4 is 27.5 Å². The molecule has 5 heteroatoms. The van der Waals surface area contributed by atoms with Crippen LogP contribution in [0.5, 0.6) is 11.6 Å². The monoisotopic (exact) mass is 340 g/mol. The van der Waals surface area contributed by atoms with E-state index in [1.807, 2.05) is 31.3 Å². The third-order valence-corrected chi connectivity index (χ3v) is 3.61. The maximum Gasteiger partial charge on any atom is 0.219 e. The highest BCUT2D eigenvalue weighted by molar-refractivity contribution is 9.10. The average molecular weight is 342 g/mol. The van der Waals surface area contributed by atoms with Gasteiger partial charge in [0.15, 0.2) is 0 Å². The van der Waals surface area contributed by atoms with Crippen molar-refractivity contribution < 1.29 is 4.74 Å². The van der Waals surface area contributed by atoms with Crippen molar-refractivity contribution in [3.63, 3.8) is 0 Å². The molecule has 3 nitrogen and oxygen atoms in total. The van der Waals surface area contributed by atoms with E-state index in [0.29, 0.717) is 16.7 Å². The first kappa shape index (κ1) is 14.3. The Morgan fingerprint density at radius 2 is 2.11 bits per heavy atom. The maximum atomic E-state index is 6.07. The highest BCUT2D eigenvalue weighted by Crippen LogP contribution is 2.31. The van der Waals surface area contributed by atoms with Gasteiger partial charge in [-0.05, 0) is 37.7 Å². The smallest absolute Gasteiger partial charge is 0.219 e. The summed E-state index contributed by atoms with van der Waals surface area (Å²) in [5.74, 6) is 1.10. The summed E-state index contributed by atoms with van der Waals surface area (Å²) in [5, 5.41) is 3.71. The Balaban J connectivity index is 2.17. The standard InChI is InChI=1S/C14H14BrClN2O/c1-9(17-2)10-3-6-14(18-8-10)19-13-7-11(15)4-5-12(13)16/h3-9,17H,1-2H3. The van der Waals surface area contributed by atoms with Crippen LogP contribution in [-0.4, -0.2) is 12.0 Å². The Labute approximate surface area is 126 Å². The minimum absolute atomic E-state index is 0.260. The fourth-order valence-corrected chi connectivity index (χ4v) is 2.04. The molecule has 1 aromatic carbocycles. The Morgan fingerprint density at radius 1 is 1.32 bits per heavy atom. The van der Waals surface area contributed by atoms with Crippen molar-refractivity contribution in [2.45, 2.75) is 13.0 Å². The molecule has 0 fully saturated rings. The van der Waals surface area contributed by atoms with Gasteiger partial charge in [-0.25, -0.2) is 4.98 Å². The molecule has 0 amide bonds. The van der Waals surface area contributed by atoms with Crippen LogP contribution in [0.15, 0.2) is 41.0 Å². The molecular formula is C14H14BrClN2O. The topological polar surface area (TPSA) is 34.1 Å². The summed E-state index contributed by atoms with van der Waals surface area (Å²) in [4.78, 5) is 4.28. The third-order valence-electron chi connectivity index (χ3n) is 2.80. The van der Waals surface area contributed by atoms with Crippen molar-refractivity contribution in [1.29, 1.82) is 0 Å². The van der Waals surface area contributed by atoms with E-state index in [1.165, 1.54) is 0 Å². The SMILES string of the molecule is CNC(C)c1ccc(Oc2cc(Br)ccc2Cl)nc1. The number of nitrogens with zero attached hydrogens (tertiary/aromatic N) is 1. The third kappa shape index (κ3) is 3.69. The number of nitrogens with one attached hydrogen (secondary N) is 1. The first-order chi connectivity index (χ1) is 9.10. The molecule has 0 saturated carbocycles. The Kier molecular flexibility index (Phi) is 4.80. The van der Waals surface area contributed by atoms with Gasteiger partial charge in [-0.15, -0.1) is 0 Å². The Bertz CT molecular complexity index is 560. The number of hydrogen-bond acceptors (Lipinski definition) is 3. The van der Waals surface area contributed by atoms with Gasteiger partial charge in [0.05, 0.1) is 5.02 Å². The van der Waals surface area contributed by atoms with E-state index < -0.39 is 0 Å². The molecule has 1 atom stereocenters. The van der Waals surface area contributed by atoms with E-state index in [9.17, 15) is 0 Å². The van der Waals surface area contributed by atoms with Crippen molar-refractivity contribution in [2.75, 3.05) is 7.05 Å². The molecule has 2 aromatic rings. The van der Waals surface area contributed by atoms with E-state index in [4.69, 9.17) is 16.3 Å². The lowest BCUT2D eigenvalue weighted by atomic mass is 10.1. The second-order valence-corrected chi connectivity index (χ2v) is 5.44. The minimum atomic E-state index is 0.260. The molecule has 0 spiro atoms. The summed E-state index contributed by atoms with van der Waals surface area (Å²) in [7, 11) is 1.91. The zero-order chi connectivity index (χ0) is 13.8. The van der Waals surface area contributed by atoms with Gasteiger partial charge in [-0.2, -0.15) is 0 Å². The minimum Gasteiger partial charge on any atom is -0.437 e. The zero-order valence-corrected chi connectivity index (χ0v) is 13.0. The van der Waals surface area contributed by atoms with Crippen molar-refractivity contribution in [2.24, 2.45) is 0 Å². The summed E-state index contributed by atoms with van der Waals surface area (Å²) in [6, 6.07) is 9.53. The van der Waals surface area contributed by atoms with Gasteiger partial charge >= 0.3 is 0 Å². The zero-order valence-electron chi connectivity index (χ0n) is 10.7. The molecule has 0 saturated heterocycles. The molecule has 1 heterocycles. The largest absolute Gasteiger partial charge is 0.437 e. The van der Waals surface area contributed by atoms with Crippen LogP contribution < -0.4 is 10.1 Å². The number of halogens is 2. The molecule has 2 rings (SSSR count). The highest BCUT2D eigenvalue weighted by Gasteiger charge is 2.07. The van der Waals surface area contributed by atoms with Crippen LogP contribution in [0.1, 0.15) is 18.5 Å². The molecule has 0 radical (unpaired) electrons. The molecule has 1 unspecified atom stereocenters. The summed E-state index contributed by atoms with van der Waals surface area (Å²) in [6.07, 6.45) is 1.79. The van der Waals surface area contributed by atoms with Gasteiger partial charge in [-0.3, -0.25) is 0 Å². The predicted octanol–water partition coefficient (Wildman–Crippen LogP) is 4.57. The number of pyridine rings is 1. The van der Waals surface area contributed by atoms with Crippen LogP contribution in [0.4, 0.5) is 0 Å². The second-order valence-electron chi connectivity index (χ2n) is 4.12. The van der Waals surface area contributed by atoms with Crippen LogP contribution in [0, 0.1) is 0 Å². The molecule has 0 aliphatic carbocycles. The molecule has 100 valence electrons. The van der Waals surface area contributed by atoms with Crippen molar-refractivity contribution in [3.05, 3.63) is 51.6 Å². The molecule has 0 aliphatic rings. The van der Waals surface area contributed by atoms with Gasteiger partial charge in [-0.1, -0.05) is 33.6 Å². The highest BCUT2D eigenvalue weighted by atomic mass is 79.9. The molecule has 0 aliphatic heterocycles. The first-order valence-corrected chi connectivity index (χ1v) is 7.03. The van der Waals surface area contributed by atoms with E-state index in [0.717, 1.165) is 10.0 Å². The van der Waals surface area contributed by atoms with Crippen LogP contribution in [0.25, 0.3) is 0 Å². The number of ether oxygens (including phenoxy) is 1. The summed E-state index contributed by atoms with van der Waals surface area (Å²) >= 11 is 9.45. The average Bonchev–Trinajstić information content (AvgIpc) is 2.43. The quantitative estimate of drug-likeness (QED) is 0.884. The number of rotatable bonds is 4. The van der Waals surface area contributed by atoms with Gasteiger partial charge in [0, 0.05) is 22.8 Å². The summed E-state index contributed by atoms with van der Waals surface area (Å²) < 4.78 is 6.57. The fraction of sp³-hybridized carbons (Fsp3) is 0.214. The first-order valence-electron chi connectivity index (χ1n) is 5.86. The summed E-state index contributed by atoms with van der Waals surface area (Å²) in [6.45, 7) is 2.07. The van der Waals surface area contributed by atoms with Gasteiger partial charge < -0.3 is 10.1 Å². The van der Waals surface area contributed by atoms with Gasteiger partial charge in [0.2, 0.25) is 5.88 Å². The van der Waals surface area contributed by atoms with E-state index >= 15 is 0 Å². The van der Waals surface area contributed by atoms with E-state index in [-0.39, 0.29) is 6.04 Å². The molecular weight excluding hydrogens is 328 g/mol. The lowest BCUT2D eigenvalue weighted by molar-refractivity contribution is 0.461. The van der Waals surface area contributed by atoms with Gasteiger partial charge in [0.1, 0.15) is 5.75 Å². The van der Waals surface area contributed by atoms with Crippen molar-refractivity contribution in [3.8, 4) is 11.6 Å². The van der Waals surface area contributed by atoms with Gasteiger partial charge in [0.25, 0.3) is 0 Å².